The van der Waals surface area contributed by atoms with Crippen LogP contribution in [0.15, 0.2) is 4.42 Å². The summed E-state index contributed by atoms with van der Waals surface area (Å²) in [5.41, 5.74) is 0.663. The van der Waals surface area contributed by atoms with Gasteiger partial charge in [0, 0.05) is 18.3 Å². The van der Waals surface area contributed by atoms with Crippen molar-refractivity contribution in [3.05, 3.63) is 17.3 Å². The van der Waals surface area contributed by atoms with Crippen molar-refractivity contribution in [3.8, 4) is 0 Å². The number of amides is 1. The molecular formula is C13H19BrN2O2. The van der Waals surface area contributed by atoms with E-state index in [0.717, 1.165) is 11.8 Å². The smallest absolute Gasteiger partial charge is 0.289 e. The van der Waals surface area contributed by atoms with Crippen LogP contribution in [0.2, 0.25) is 0 Å². The van der Waals surface area contributed by atoms with Gasteiger partial charge in [-0.25, -0.2) is 4.98 Å². The van der Waals surface area contributed by atoms with Crippen molar-refractivity contribution in [2.75, 3.05) is 5.33 Å². The Labute approximate surface area is 116 Å². The Bertz CT molecular complexity index is 431. The van der Waals surface area contributed by atoms with Gasteiger partial charge in [0.1, 0.15) is 0 Å². The van der Waals surface area contributed by atoms with E-state index in [-0.39, 0.29) is 11.9 Å². The van der Waals surface area contributed by atoms with Gasteiger partial charge >= 0.3 is 0 Å². The fraction of sp³-hybridized carbons (Fsp3) is 0.692. The summed E-state index contributed by atoms with van der Waals surface area (Å²) < 4.78 is 5.35. The largest absolute Gasteiger partial charge is 0.436 e. The number of aryl methyl sites for hydroxylation is 2. The lowest BCUT2D eigenvalue weighted by Gasteiger charge is -2.30. The number of nitrogens with zero attached hydrogens (tertiary/aromatic N) is 1. The van der Waals surface area contributed by atoms with E-state index in [1.165, 1.54) is 19.3 Å². The summed E-state index contributed by atoms with van der Waals surface area (Å²) in [5.74, 6) is 1.28. The molecule has 2 unspecified atom stereocenters. The van der Waals surface area contributed by atoms with E-state index in [4.69, 9.17) is 4.42 Å². The summed E-state index contributed by atoms with van der Waals surface area (Å²) in [5, 5.41) is 4.02. The first-order valence-corrected chi connectivity index (χ1v) is 7.55. The quantitative estimate of drug-likeness (QED) is 0.873. The number of hydrogen-bond acceptors (Lipinski definition) is 3. The number of aromatic nitrogens is 1. The zero-order chi connectivity index (χ0) is 13.1. The fourth-order valence-corrected chi connectivity index (χ4v) is 3.33. The summed E-state index contributed by atoms with van der Waals surface area (Å²) in [6.07, 6.45) is 4.66. The highest BCUT2D eigenvalue weighted by molar-refractivity contribution is 9.09. The molecule has 5 heteroatoms. The van der Waals surface area contributed by atoms with Crippen LogP contribution in [0, 0.1) is 19.8 Å². The van der Waals surface area contributed by atoms with Crippen molar-refractivity contribution in [1.82, 2.24) is 10.3 Å². The highest BCUT2D eigenvalue weighted by Gasteiger charge is 2.27. The number of carbonyl (C=O) groups is 1. The van der Waals surface area contributed by atoms with Gasteiger partial charge in [-0.1, -0.05) is 28.8 Å². The van der Waals surface area contributed by atoms with Crippen molar-refractivity contribution >= 4 is 21.8 Å². The average molecular weight is 315 g/mol. The molecule has 2 rings (SSSR count). The van der Waals surface area contributed by atoms with Crippen molar-refractivity contribution < 1.29 is 9.21 Å². The normalized spacial score (nSPS) is 23.9. The molecule has 2 atom stereocenters. The molecule has 1 aliphatic carbocycles. The van der Waals surface area contributed by atoms with Gasteiger partial charge in [0.05, 0.1) is 5.69 Å². The van der Waals surface area contributed by atoms with Crippen LogP contribution in [0.25, 0.3) is 0 Å². The molecule has 1 N–H and O–H groups in total. The van der Waals surface area contributed by atoms with E-state index >= 15 is 0 Å². The highest BCUT2D eigenvalue weighted by atomic mass is 79.9. The van der Waals surface area contributed by atoms with E-state index in [1.54, 1.807) is 13.8 Å². The van der Waals surface area contributed by atoms with Crippen LogP contribution >= 0.6 is 15.9 Å². The minimum absolute atomic E-state index is 0.133. The van der Waals surface area contributed by atoms with E-state index < -0.39 is 0 Å². The fourth-order valence-electron chi connectivity index (χ4n) is 2.56. The Morgan fingerprint density at radius 3 is 2.78 bits per heavy atom. The van der Waals surface area contributed by atoms with E-state index in [2.05, 4.69) is 26.2 Å². The Hall–Kier alpha value is -0.840. The monoisotopic (exact) mass is 314 g/mol. The number of rotatable bonds is 3. The third-order valence-corrected chi connectivity index (χ3v) is 4.37. The molecule has 18 heavy (non-hydrogen) atoms. The molecule has 0 saturated heterocycles. The third-order valence-electron chi connectivity index (χ3n) is 3.53. The summed E-state index contributed by atoms with van der Waals surface area (Å²) >= 11 is 3.53. The molecule has 0 aliphatic heterocycles. The minimum atomic E-state index is -0.133. The van der Waals surface area contributed by atoms with Crippen molar-refractivity contribution in [2.45, 2.75) is 45.6 Å². The molecule has 100 valence electrons. The Morgan fingerprint density at radius 2 is 2.17 bits per heavy atom. The molecular weight excluding hydrogens is 296 g/mol. The summed E-state index contributed by atoms with van der Waals surface area (Å²) in [6, 6.07) is 0.246. The van der Waals surface area contributed by atoms with Gasteiger partial charge < -0.3 is 9.73 Å². The molecule has 1 heterocycles. The van der Waals surface area contributed by atoms with Gasteiger partial charge in [-0.15, -0.1) is 0 Å². The molecule has 4 nitrogen and oxygen atoms in total. The SMILES string of the molecule is Cc1nc(C)c(C(=O)NC2CCCCC2CBr)o1. The maximum atomic E-state index is 12.1. The average Bonchev–Trinajstić information content (AvgIpc) is 2.69. The van der Waals surface area contributed by atoms with Crippen LogP contribution in [0.1, 0.15) is 47.8 Å². The second kappa shape index (κ2) is 5.87. The van der Waals surface area contributed by atoms with Crippen molar-refractivity contribution in [1.29, 1.82) is 0 Å². The van der Waals surface area contributed by atoms with Crippen LogP contribution in [-0.4, -0.2) is 22.3 Å². The lowest BCUT2D eigenvalue weighted by molar-refractivity contribution is 0.0881. The third kappa shape index (κ3) is 2.94. The van der Waals surface area contributed by atoms with E-state index in [1.807, 2.05) is 0 Å². The molecule has 1 aliphatic rings. The molecule has 0 aromatic carbocycles. The number of nitrogens with one attached hydrogen (secondary N) is 1. The predicted octanol–water partition coefficient (Wildman–Crippen LogP) is 2.97. The van der Waals surface area contributed by atoms with Gasteiger partial charge in [0.2, 0.25) is 5.76 Å². The highest BCUT2D eigenvalue weighted by Crippen LogP contribution is 2.26. The van der Waals surface area contributed by atoms with Crippen LogP contribution in [0.3, 0.4) is 0 Å². The number of hydrogen-bond donors (Lipinski definition) is 1. The molecule has 1 saturated carbocycles. The van der Waals surface area contributed by atoms with Crippen LogP contribution in [0.4, 0.5) is 0 Å². The molecule has 0 spiro atoms. The number of carbonyl (C=O) groups excluding carboxylic acids is 1. The lowest BCUT2D eigenvalue weighted by Crippen LogP contribution is -2.42. The van der Waals surface area contributed by atoms with E-state index in [9.17, 15) is 4.79 Å². The topological polar surface area (TPSA) is 55.1 Å². The molecule has 1 aromatic heterocycles. The van der Waals surface area contributed by atoms with Crippen molar-refractivity contribution in [3.63, 3.8) is 0 Å². The first-order valence-electron chi connectivity index (χ1n) is 6.42. The first kappa shape index (κ1) is 13.6. The summed E-state index contributed by atoms with van der Waals surface area (Å²) in [4.78, 5) is 16.3. The molecule has 0 radical (unpaired) electrons. The van der Waals surface area contributed by atoms with Gasteiger partial charge in [0.25, 0.3) is 5.91 Å². The molecule has 0 bridgehead atoms. The lowest BCUT2D eigenvalue weighted by atomic mass is 9.86. The number of oxazole rings is 1. The zero-order valence-corrected chi connectivity index (χ0v) is 12.4. The maximum absolute atomic E-state index is 12.1. The maximum Gasteiger partial charge on any atom is 0.289 e. The van der Waals surface area contributed by atoms with Crippen LogP contribution in [-0.2, 0) is 0 Å². The zero-order valence-electron chi connectivity index (χ0n) is 10.8. The van der Waals surface area contributed by atoms with Crippen molar-refractivity contribution in [2.24, 2.45) is 5.92 Å². The Kier molecular flexibility index (Phi) is 4.43. The summed E-state index contributed by atoms with van der Waals surface area (Å²) in [7, 11) is 0. The Balaban J connectivity index is 2.04. The van der Waals surface area contributed by atoms with Crippen LogP contribution < -0.4 is 5.32 Å². The minimum Gasteiger partial charge on any atom is -0.436 e. The Morgan fingerprint density at radius 1 is 1.44 bits per heavy atom. The standard InChI is InChI=1S/C13H19BrN2O2/c1-8-12(18-9(2)15-8)13(17)16-11-6-4-3-5-10(11)7-14/h10-11H,3-7H2,1-2H3,(H,16,17). The summed E-state index contributed by atoms with van der Waals surface area (Å²) in [6.45, 7) is 3.56. The van der Waals surface area contributed by atoms with Gasteiger partial charge in [-0.3, -0.25) is 4.79 Å². The molecule has 1 amide bonds. The number of halogens is 1. The van der Waals surface area contributed by atoms with Gasteiger partial charge in [-0.05, 0) is 25.7 Å². The molecule has 1 fully saturated rings. The van der Waals surface area contributed by atoms with Gasteiger partial charge in [-0.2, -0.15) is 0 Å². The predicted molar refractivity (Wildman–Crippen MR) is 73.0 cm³/mol. The number of alkyl halides is 1. The second-order valence-corrected chi connectivity index (χ2v) is 5.57. The molecule has 1 aromatic rings. The van der Waals surface area contributed by atoms with Crippen LogP contribution in [0.5, 0.6) is 0 Å². The van der Waals surface area contributed by atoms with E-state index in [0.29, 0.717) is 23.3 Å². The van der Waals surface area contributed by atoms with Gasteiger partial charge in [0.15, 0.2) is 5.89 Å². The first-order chi connectivity index (χ1) is 8.61. The second-order valence-electron chi connectivity index (χ2n) is 4.93.